The average Bonchev–Trinajstić information content (AvgIpc) is 3.69. The minimum Gasteiger partial charge on any atom is -0.444 e. The summed E-state index contributed by atoms with van der Waals surface area (Å²) in [5.41, 5.74) is 8.46. The highest BCUT2D eigenvalue weighted by Gasteiger charge is 2.55. The molecule has 2 aliphatic rings. The van der Waals surface area contributed by atoms with Gasteiger partial charge in [-0.3, -0.25) is 0 Å². The average molecular weight is 721 g/mol. The van der Waals surface area contributed by atoms with Gasteiger partial charge in [-0.15, -0.1) is 0 Å². The predicted molar refractivity (Wildman–Crippen MR) is 198 cm³/mol. The fourth-order valence-electron chi connectivity index (χ4n) is 6.91. The Kier molecular flexibility index (Phi) is 11.5. The Bertz CT molecular complexity index is 1750. The highest BCUT2D eigenvalue weighted by Crippen LogP contribution is 2.49. The number of carbonyl (C=O) groups excluding carboxylic acids is 2. The van der Waals surface area contributed by atoms with E-state index in [-0.39, 0.29) is 30.3 Å². The fourth-order valence-corrected chi connectivity index (χ4v) is 6.91. The summed E-state index contributed by atoms with van der Waals surface area (Å²) >= 11 is 0. The molecule has 3 aromatic rings. The van der Waals surface area contributed by atoms with E-state index < -0.39 is 23.1 Å². The number of aromatic nitrogens is 5. The summed E-state index contributed by atoms with van der Waals surface area (Å²) in [6, 6.07) is 1.64. The molecular weight excluding hydrogens is 664 g/mol. The number of nitrogen functional groups attached to an aromatic ring is 1. The van der Waals surface area contributed by atoms with Crippen LogP contribution in [0, 0.1) is 5.92 Å². The van der Waals surface area contributed by atoms with E-state index in [9.17, 15) is 9.59 Å². The molecule has 0 bridgehead atoms. The molecule has 14 heteroatoms. The number of nitrogens with two attached hydrogens (primary N) is 1. The summed E-state index contributed by atoms with van der Waals surface area (Å²) in [5, 5.41) is 0.703. The smallest absolute Gasteiger partial charge is 0.410 e. The Morgan fingerprint density at radius 3 is 2.27 bits per heavy atom. The Morgan fingerprint density at radius 2 is 1.63 bits per heavy atom. The fraction of sp³-hybridized carbons (Fsp3) is 0.632. The summed E-state index contributed by atoms with van der Waals surface area (Å²) in [7, 11) is 0. The maximum absolute atomic E-state index is 13.8. The van der Waals surface area contributed by atoms with Gasteiger partial charge in [0, 0.05) is 50.1 Å². The third-order valence-corrected chi connectivity index (χ3v) is 9.29. The van der Waals surface area contributed by atoms with Crippen LogP contribution in [0.3, 0.4) is 0 Å². The van der Waals surface area contributed by atoms with E-state index in [1.807, 2.05) is 87.6 Å². The van der Waals surface area contributed by atoms with E-state index >= 15 is 0 Å². The van der Waals surface area contributed by atoms with Crippen LogP contribution in [0.5, 0.6) is 0 Å². The first-order valence-electron chi connectivity index (χ1n) is 18.2. The number of anilines is 1. The van der Waals surface area contributed by atoms with Crippen molar-refractivity contribution in [2.75, 3.05) is 31.9 Å². The number of rotatable bonds is 11. The van der Waals surface area contributed by atoms with E-state index in [1.54, 1.807) is 16.0 Å². The zero-order valence-electron chi connectivity index (χ0n) is 32.4. The molecule has 0 aromatic carbocycles. The Morgan fingerprint density at radius 1 is 0.981 bits per heavy atom. The first-order chi connectivity index (χ1) is 24.4. The molecule has 4 atom stereocenters. The van der Waals surface area contributed by atoms with Crippen LogP contribution >= 0.6 is 0 Å². The van der Waals surface area contributed by atoms with Gasteiger partial charge in [-0.05, 0) is 94.6 Å². The van der Waals surface area contributed by atoms with Crippen LogP contribution in [-0.4, -0.2) is 102 Å². The highest BCUT2D eigenvalue weighted by molar-refractivity contribution is 5.99. The highest BCUT2D eigenvalue weighted by atomic mass is 16.8. The molecule has 5 rings (SSSR count). The zero-order chi connectivity index (χ0) is 38.0. The molecule has 2 N–H and O–H groups in total. The van der Waals surface area contributed by atoms with Gasteiger partial charge in [0.05, 0.1) is 23.2 Å². The normalized spacial score (nSPS) is 21.6. The van der Waals surface area contributed by atoms with E-state index in [4.69, 9.17) is 24.7 Å². The van der Waals surface area contributed by atoms with Crippen LogP contribution in [0.15, 0.2) is 42.8 Å². The van der Waals surface area contributed by atoms with Gasteiger partial charge in [-0.1, -0.05) is 11.6 Å². The van der Waals surface area contributed by atoms with Crippen molar-refractivity contribution in [1.29, 1.82) is 0 Å². The SMILES string of the molecule is C/C=C(\C)CCN(CCCN(C[C@H]1C[C@@H](n2cc(-c3ccncn3)c3c(N)ncnc32)[C@@H]2OC(C)(C)O[C@H]12)C(=O)OC(C)(C)C)C(=O)OC(C)(C)C. The van der Waals surface area contributed by atoms with Crippen molar-refractivity contribution in [3.8, 4) is 11.3 Å². The number of hydrogen-bond donors (Lipinski definition) is 1. The summed E-state index contributed by atoms with van der Waals surface area (Å²) in [5.74, 6) is -0.596. The van der Waals surface area contributed by atoms with Crippen molar-refractivity contribution < 1.29 is 28.5 Å². The molecule has 0 unspecified atom stereocenters. The quantitative estimate of drug-likeness (QED) is 0.208. The molecule has 52 heavy (non-hydrogen) atoms. The van der Waals surface area contributed by atoms with Crippen molar-refractivity contribution in [1.82, 2.24) is 34.3 Å². The van der Waals surface area contributed by atoms with Crippen molar-refractivity contribution >= 4 is 29.0 Å². The first kappa shape index (κ1) is 38.9. The summed E-state index contributed by atoms with van der Waals surface area (Å²) < 4.78 is 26.9. The Hall–Kier alpha value is -4.30. The van der Waals surface area contributed by atoms with Crippen LogP contribution in [0.2, 0.25) is 0 Å². The molecular formula is C38H56N8O6. The topological polar surface area (TPSA) is 160 Å². The van der Waals surface area contributed by atoms with Gasteiger partial charge in [-0.25, -0.2) is 29.5 Å². The number of carbonyl (C=O) groups is 2. The summed E-state index contributed by atoms with van der Waals surface area (Å²) in [4.78, 5) is 48.0. The number of hydrogen-bond acceptors (Lipinski definition) is 11. The maximum atomic E-state index is 13.8. The van der Waals surface area contributed by atoms with E-state index in [0.717, 1.165) is 12.0 Å². The summed E-state index contributed by atoms with van der Waals surface area (Å²) in [6.45, 7) is 20.7. The molecule has 3 aromatic heterocycles. The number of fused-ring (bicyclic) bond motifs is 2. The molecule has 4 heterocycles. The maximum Gasteiger partial charge on any atom is 0.410 e. The third-order valence-electron chi connectivity index (χ3n) is 9.29. The van der Waals surface area contributed by atoms with Crippen LogP contribution in [-0.2, 0) is 18.9 Å². The van der Waals surface area contributed by atoms with Gasteiger partial charge in [0.2, 0.25) is 0 Å². The Labute approximate surface area is 307 Å². The van der Waals surface area contributed by atoms with Crippen molar-refractivity contribution in [2.24, 2.45) is 5.92 Å². The molecule has 2 amide bonds. The van der Waals surface area contributed by atoms with Crippen molar-refractivity contribution in [3.05, 3.63) is 42.8 Å². The number of ether oxygens (including phenoxy) is 4. The molecule has 0 spiro atoms. The molecule has 2 fully saturated rings. The third kappa shape index (κ3) is 9.37. The molecule has 0 radical (unpaired) electrons. The lowest BCUT2D eigenvalue weighted by atomic mass is 10.0. The molecule has 1 aliphatic carbocycles. The standard InChI is InChI=1S/C38H56N8O6/c1-11-24(2)14-18-44(34(47)51-36(3,4)5)16-12-17-45(35(48)52-37(6,7)8)20-25-19-28(31-30(25)49-38(9,10)50-31)46-21-26(27-13-15-40-22-41-27)29-32(39)42-23-43-33(29)46/h11,13,15,21-23,25,28,30-31H,12,14,16-20H2,1-10H3,(H2,39,42,43)/b24-11+/t25-,28-,30-,31+/m1/s1. The Balaban J connectivity index is 1.42. The lowest BCUT2D eigenvalue weighted by Crippen LogP contribution is -2.44. The van der Waals surface area contributed by atoms with Crippen molar-refractivity contribution in [2.45, 2.75) is 124 Å². The van der Waals surface area contributed by atoms with E-state index in [0.29, 0.717) is 61.6 Å². The lowest BCUT2D eigenvalue weighted by Gasteiger charge is -2.32. The number of amides is 2. The second-order valence-corrected chi connectivity index (χ2v) is 16.3. The summed E-state index contributed by atoms with van der Waals surface area (Å²) in [6.07, 6.45) is 9.15. The molecule has 284 valence electrons. The van der Waals surface area contributed by atoms with Crippen LogP contribution in [0.4, 0.5) is 15.4 Å². The second-order valence-electron chi connectivity index (χ2n) is 16.3. The van der Waals surface area contributed by atoms with E-state index in [2.05, 4.69) is 24.5 Å². The molecule has 14 nitrogen and oxygen atoms in total. The van der Waals surface area contributed by atoms with Crippen LogP contribution in [0.1, 0.15) is 94.5 Å². The molecule has 1 saturated heterocycles. The second kappa shape index (κ2) is 15.4. The largest absolute Gasteiger partial charge is 0.444 e. The van der Waals surface area contributed by atoms with Gasteiger partial charge in [0.1, 0.15) is 41.4 Å². The lowest BCUT2D eigenvalue weighted by molar-refractivity contribution is -0.160. The predicted octanol–water partition coefficient (Wildman–Crippen LogP) is 6.77. The zero-order valence-corrected chi connectivity index (χ0v) is 32.4. The minimum absolute atomic E-state index is 0.109. The van der Waals surface area contributed by atoms with Gasteiger partial charge >= 0.3 is 12.2 Å². The van der Waals surface area contributed by atoms with E-state index in [1.165, 1.54) is 18.2 Å². The van der Waals surface area contributed by atoms with Crippen LogP contribution in [0.25, 0.3) is 22.3 Å². The van der Waals surface area contributed by atoms with Gasteiger partial charge in [0.25, 0.3) is 0 Å². The molecule has 1 aliphatic heterocycles. The monoisotopic (exact) mass is 720 g/mol. The number of allylic oxidation sites excluding steroid dienone is 1. The van der Waals surface area contributed by atoms with Gasteiger partial charge < -0.3 is 39.0 Å². The first-order valence-corrected chi connectivity index (χ1v) is 18.2. The van der Waals surface area contributed by atoms with Crippen LogP contribution < -0.4 is 5.73 Å². The number of nitrogens with zero attached hydrogens (tertiary/aromatic N) is 7. The van der Waals surface area contributed by atoms with Gasteiger partial charge in [0.15, 0.2) is 5.79 Å². The molecule has 1 saturated carbocycles. The van der Waals surface area contributed by atoms with Crippen molar-refractivity contribution in [3.63, 3.8) is 0 Å². The minimum atomic E-state index is -0.839. The van der Waals surface area contributed by atoms with Gasteiger partial charge in [-0.2, -0.15) is 0 Å².